The van der Waals surface area contributed by atoms with Crippen LogP contribution in [-0.2, 0) is 11.3 Å². The maximum Gasteiger partial charge on any atom is 0.238 e. The third kappa shape index (κ3) is 4.51. The van der Waals surface area contributed by atoms with Gasteiger partial charge in [0, 0.05) is 10.2 Å². The van der Waals surface area contributed by atoms with E-state index in [1.807, 2.05) is 55.3 Å². The number of nitrogens with one attached hydrogen (secondary N) is 1. The molecule has 0 atom stereocenters. The molecular formula is C15H17BrN2O2. The number of hydrogen-bond acceptors (Lipinski definition) is 3. The smallest absolute Gasteiger partial charge is 0.238 e. The molecule has 20 heavy (non-hydrogen) atoms. The number of amides is 1. The van der Waals surface area contributed by atoms with Gasteiger partial charge < -0.3 is 9.73 Å². The van der Waals surface area contributed by atoms with Crippen LogP contribution in [0.4, 0.5) is 5.69 Å². The zero-order valence-corrected chi connectivity index (χ0v) is 13.1. The standard InChI is InChI=1S/C15H17BrN2O2/c1-11-6-7-14(20-11)9-18(2)10-15(19)17-13-5-3-4-12(16)8-13/h3-8H,9-10H2,1-2H3,(H,17,19). The number of furan rings is 1. The highest BCUT2D eigenvalue weighted by Gasteiger charge is 2.09. The number of nitrogens with zero attached hydrogens (tertiary/aromatic N) is 1. The summed E-state index contributed by atoms with van der Waals surface area (Å²) in [6, 6.07) is 11.4. The highest BCUT2D eigenvalue weighted by Crippen LogP contribution is 2.15. The van der Waals surface area contributed by atoms with Crippen LogP contribution in [0.25, 0.3) is 0 Å². The molecule has 0 aliphatic carbocycles. The predicted octanol–water partition coefficient (Wildman–Crippen LogP) is 3.42. The normalized spacial score (nSPS) is 10.8. The minimum Gasteiger partial charge on any atom is -0.465 e. The summed E-state index contributed by atoms with van der Waals surface area (Å²) in [5.74, 6) is 1.70. The first kappa shape index (κ1) is 14.8. The molecule has 106 valence electrons. The van der Waals surface area contributed by atoms with E-state index >= 15 is 0 Å². The van der Waals surface area contributed by atoms with Gasteiger partial charge in [-0.2, -0.15) is 0 Å². The van der Waals surface area contributed by atoms with Gasteiger partial charge in [-0.25, -0.2) is 0 Å². The Balaban J connectivity index is 1.84. The average Bonchev–Trinajstić information content (AvgIpc) is 2.74. The van der Waals surface area contributed by atoms with Crippen molar-refractivity contribution in [2.75, 3.05) is 18.9 Å². The molecule has 4 nitrogen and oxygen atoms in total. The summed E-state index contributed by atoms with van der Waals surface area (Å²) in [5, 5.41) is 2.86. The van der Waals surface area contributed by atoms with Crippen LogP contribution in [0.15, 0.2) is 45.3 Å². The number of anilines is 1. The highest BCUT2D eigenvalue weighted by molar-refractivity contribution is 9.10. The molecule has 0 unspecified atom stereocenters. The zero-order chi connectivity index (χ0) is 14.5. The van der Waals surface area contributed by atoms with Crippen LogP contribution in [0.1, 0.15) is 11.5 Å². The van der Waals surface area contributed by atoms with Gasteiger partial charge in [0.1, 0.15) is 11.5 Å². The van der Waals surface area contributed by atoms with Crippen LogP contribution < -0.4 is 5.32 Å². The van der Waals surface area contributed by atoms with Crippen LogP contribution in [0, 0.1) is 6.92 Å². The molecule has 0 radical (unpaired) electrons. The molecule has 1 heterocycles. The van der Waals surface area contributed by atoms with E-state index in [1.54, 1.807) is 0 Å². The Morgan fingerprint density at radius 2 is 2.15 bits per heavy atom. The lowest BCUT2D eigenvalue weighted by Gasteiger charge is -2.14. The zero-order valence-electron chi connectivity index (χ0n) is 11.5. The summed E-state index contributed by atoms with van der Waals surface area (Å²) in [6.45, 7) is 2.83. The Kier molecular flexibility index (Phi) is 4.98. The first-order valence-corrected chi connectivity index (χ1v) is 7.11. The Bertz CT molecular complexity index is 595. The molecule has 1 N–H and O–H groups in total. The van der Waals surface area contributed by atoms with Crippen LogP contribution in [-0.4, -0.2) is 24.4 Å². The van der Waals surface area contributed by atoms with Gasteiger partial charge in [0.25, 0.3) is 0 Å². The molecule has 0 aliphatic rings. The predicted molar refractivity (Wildman–Crippen MR) is 82.6 cm³/mol. The molecule has 0 saturated carbocycles. The molecule has 5 heteroatoms. The van der Waals surface area contributed by atoms with Crippen molar-refractivity contribution < 1.29 is 9.21 Å². The van der Waals surface area contributed by atoms with Gasteiger partial charge in [0.05, 0.1) is 13.1 Å². The van der Waals surface area contributed by atoms with Crippen molar-refractivity contribution in [3.8, 4) is 0 Å². The molecule has 0 aliphatic heterocycles. The van der Waals surface area contributed by atoms with E-state index in [9.17, 15) is 4.79 Å². The highest BCUT2D eigenvalue weighted by atomic mass is 79.9. The fraction of sp³-hybridized carbons (Fsp3) is 0.267. The van der Waals surface area contributed by atoms with Crippen molar-refractivity contribution in [2.24, 2.45) is 0 Å². The van der Waals surface area contributed by atoms with Crippen molar-refractivity contribution in [3.63, 3.8) is 0 Å². The summed E-state index contributed by atoms with van der Waals surface area (Å²) in [7, 11) is 1.89. The van der Waals surface area contributed by atoms with Crippen LogP contribution in [0.3, 0.4) is 0 Å². The molecule has 1 aromatic heterocycles. The number of likely N-dealkylation sites (N-methyl/N-ethyl adjacent to an activating group) is 1. The van der Waals surface area contributed by atoms with E-state index in [-0.39, 0.29) is 5.91 Å². The number of rotatable bonds is 5. The molecule has 0 spiro atoms. The van der Waals surface area contributed by atoms with Gasteiger partial charge >= 0.3 is 0 Å². The number of hydrogen-bond donors (Lipinski definition) is 1. The van der Waals surface area contributed by atoms with Gasteiger partial charge in [-0.3, -0.25) is 9.69 Å². The Morgan fingerprint density at radius 3 is 2.80 bits per heavy atom. The second-order valence-electron chi connectivity index (χ2n) is 4.74. The minimum absolute atomic E-state index is 0.0473. The molecule has 1 aromatic carbocycles. The molecule has 0 bridgehead atoms. The maximum absolute atomic E-state index is 11.9. The fourth-order valence-corrected chi connectivity index (χ4v) is 2.30. The number of carbonyl (C=O) groups excluding carboxylic acids is 1. The van der Waals surface area contributed by atoms with Crippen LogP contribution >= 0.6 is 15.9 Å². The second-order valence-corrected chi connectivity index (χ2v) is 5.66. The SMILES string of the molecule is Cc1ccc(CN(C)CC(=O)Nc2cccc(Br)c2)o1. The summed E-state index contributed by atoms with van der Waals surface area (Å²) < 4.78 is 6.43. The van der Waals surface area contributed by atoms with Crippen LogP contribution in [0.5, 0.6) is 0 Å². The Labute approximate surface area is 126 Å². The van der Waals surface area contributed by atoms with Crippen molar-refractivity contribution >= 4 is 27.5 Å². The molecule has 1 amide bonds. The van der Waals surface area contributed by atoms with Gasteiger partial charge in [-0.1, -0.05) is 22.0 Å². The molecule has 0 fully saturated rings. The van der Waals surface area contributed by atoms with Crippen molar-refractivity contribution in [1.82, 2.24) is 4.90 Å². The van der Waals surface area contributed by atoms with Crippen molar-refractivity contribution in [2.45, 2.75) is 13.5 Å². The molecule has 0 saturated heterocycles. The van der Waals surface area contributed by atoms with Gasteiger partial charge in [-0.05, 0) is 44.3 Å². The van der Waals surface area contributed by atoms with Crippen molar-refractivity contribution in [1.29, 1.82) is 0 Å². The van der Waals surface area contributed by atoms with Crippen molar-refractivity contribution in [3.05, 3.63) is 52.4 Å². The maximum atomic E-state index is 11.9. The van der Waals surface area contributed by atoms with E-state index < -0.39 is 0 Å². The quantitative estimate of drug-likeness (QED) is 0.909. The summed E-state index contributed by atoms with van der Waals surface area (Å²) in [6.07, 6.45) is 0. The summed E-state index contributed by atoms with van der Waals surface area (Å²) >= 11 is 3.38. The first-order chi connectivity index (χ1) is 9.52. The second kappa shape index (κ2) is 6.72. The lowest BCUT2D eigenvalue weighted by molar-refractivity contribution is -0.117. The summed E-state index contributed by atoms with van der Waals surface area (Å²) in [4.78, 5) is 13.8. The monoisotopic (exact) mass is 336 g/mol. The number of carbonyl (C=O) groups is 1. The number of halogens is 1. The molecular weight excluding hydrogens is 320 g/mol. The van der Waals surface area contributed by atoms with E-state index in [0.29, 0.717) is 13.1 Å². The molecule has 2 aromatic rings. The molecule has 2 rings (SSSR count). The van der Waals surface area contributed by atoms with Gasteiger partial charge in [0.15, 0.2) is 0 Å². The van der Waals surface area contributed by atoms with Gasteiger partial charge in [-0.15, -0.1) is 0 Å². The summed E-state index contributed by atoms with van der Waals surface area (Å²) in [5.41, 5.74) is 0.784. The van der Waals surface area contributed by atoms with Crippen LogP contribution in [0.2, 0.25) is 0 Å². The van der Waals surface area contributed by atoms with E-state index in [4.69, 9.17) is 4.42 Å². The van der Waals surface area contributed by atoms with Gasteiger partial charge in [0.2, 0.25) is 5.91 Å². The lowest BCUT2D eigenvalue weighted by atomic mass is 10.3. The fourth-order valence-electron chi connectivity index (χ4n) is 1.90. The third-order valence-electron chi connectivity index (χ3n) is 2.74. The lowest BCUT2D eigenvalue weighted by Crippen LogP contribution is -2.29. The number of benzene rings is 1. The minimum atomic E-state index is -0.0473. The Morgan fingerprint density at radius 1 is 1.35 bits per heavy atom. The average molecular weight is 337 g/mol. The Hall–Kier alpha value is -1.59. The number of aryl methyl sites for hydroxylation is 1. The third-order valence-corrected chi connectivity index (χ3v) is 3.24. The van der Waals surface area contributed by atoms with E-state index in [2.05, 4.69) is 21.2 Å². The van der Waals surface area contributed by atoms with E-state index in [1.165, 1.54) is 0 Å². The first-order valence-electron chi connectivity index (χ1n) is 6.32. The topological polar surface area (TPSA) is 45.5 Å². The van der Waals surface area contributed by atoms with E-state index in [0.717, 1.165) is 21.7 Å². The largest absolute Gasteiger partial charge is 0.465 e.